The maximum absolute atomic E-state index is 12.4. The van der Waals surface area contributed by atoms with Crippen LogP contribution in [0.15, 0.2) is 72.8 Å². The first-order chi connectivity index (χ1) is 15.7. The molecule has 0 fully saturated rings. The molecule has 3 aromatic carbocycles. The Morgan fingerprint density at radius 1 is 0.970 bits per heavy atom. The maximum atomic E-state index is 12.4. The monoisotopic (exact) mass is 466 g/mol. The van der Waals surface area contributed by atoms with Gasteiger partial charge in [-0.25, -0.2) is 8.42 Å². The quantitative estimate of drug-likeness (QED) is 0.453. The van der Waals surface area contributed by atoms with Crippen molar-refractivity contribution in [1.29, 1.82) is 0 Å². The Labute approximate surface area is 196 Å². The summed E-state index contributed by atoms with van der Waals surface area (Å²) in [6.07, 6.45) is 1.81. The molecule has 0 heterocycles. The zero-order chi connectivity index (χ0) is 23.8. The van der Waals surface area contributed by atoms with Crippen LogP contribution in [0.5, 0.6) is 5.75 Å². The van der Waals surface area contributed by atoms with Gasteiger partial charge in [0.1, 0.15) is 12.4 Å². The molecular weight excluding hydrogens is 436 g/mol. The predicted octanol–water partition coefficient (Wildman–Crippen LogP) is 5.07. The second-order valence-electron chi connectivity index (χ2n) is 8.08. The molecule has 0 atom stereocenters. The van der Waals surface area contributed by atoms with Gasteiger partial charge in [-0.2, -0.15) is 0 Å². The summed E-state index contributed by atoms with van der Waals surface area (Å²) in [7, 11) is -3.46. The summed E-state index contributed by atoms with van der Waals surface area (Å²) in [6, 6.07) is 22.8. The lowest BCUT2D eigenvalue weighted by molar-refractivity contribution is -0.116. The normalized spacial score (nSPS) is 11.1. The van der Waals surface area contributed by atoms with Gasteiger partial charge in [0.05, 0.1) is 11.9 Å². The molecule has 0 saturated carbocycles. The lowest BCUT2D eigenvalue weighted by Gasteiger charge is -2.24. The van der Waals surface area contributed by atoms with E-state index in [-0.39, 0.29) is 18.9 Å². The molecule has 0 aliphatic rings. The number of rotatable bonds is 10. The molecule has 1 amide bonds. The number of sulfonamides is 1. The van der Waals surface area contributed by atoms with Crippen molar-refractivity contribution in [3.63, 3.8) is 0 Å². The Kier molecular flexibility index (Phi) is 8.11. The van der Waals surface area contributed by atoms with E-state index in [9.17, 15) is 13.2 Å². The maximum Gasteiger partial charge on any atom is 0.232 e. The fourth-order valence-corrected chi connectivity index (χ4v) is 4.45. The third-order valence-electron chi connectivity index (χ3n) is 5.19. The molecule has 0 aliphatic heterocycles. The highest BCUT2D eigenvalue weighted by atomic mass is 32.2. The number of carbonyl (C=O) groups excluding carboxylic acids is 1. The van der Waals surface area contributed by atoms with Crippen LogP contribution < -0.4 is 14.4 Å². The van der Waals surface area contributed by atoms with Gasteiger partial charge in [0, 0.05) is 18.7 Å². The van der Waals surface area contributed by atoms with E-state index in [1.54, 1.807) is 12.1 Å². The zero-order valence-electron chi connectivity index (χ0n) is 19.2. The van der Waals surface area contributed by atoms with Crippen molar-refractivity contribution < 1.29 is 17.9 Å². The van der Waals surface area contributed by atoms with E-state index in [2.05, 4.69) is 5.32 Å². The molecule has 1 N–H and O–H groups in total. The number of ether oxygens (including phenoxy) is 1. The molecule has 0 radical (unpaired) electrons. The Morgan fingerprint density at radius 2 is 1.67 bits per heavy atom. The first-order valence-corrected chi connectivity index (χ1v) is 12.7. The van der Waals surface area contributed by atoms with E-state index in [4.69, 9.17) is 4.74 Å². The molecule has 3 rings (SSSR count). The SMILES string of the molecule is Cc1ccc(C)c(N(CCCC(=O)Nc2ccc(OCc3ccccc3)cc2)S(C)(=O)=O)c1. The van der Waals surface area contributed by atoms with Gasteiger partial charge in [-0.3, -0.25) is 9.10 Å². The smallest absolute Gasteiger partial charge is 0.232 e. The number of carbonyl (C=O) groups is 1. The molecule has 0 spiro atoms. The third kappa shape index (κ3) is 7.36. The Balaban J connectivity index is 1.51. The van der Waals surface area contributed by atoms with Crippen LogP contribution in [0, 0.1) is 13.8 Å². The zero-order valence-corrected chi connectivity index (χ0v) is 20.1. The highest BCUT2D eigenvalue weighted by Gasteiger charge is 2.19. The topological polar surface area (TPSA) is 75.7 Å². The number of hydrogen-bond donors (Lipinski definition) is 1. The van der Waals surface area contributed by atoms with Crippen LogP contribution in [0.4, 0.5) is 11.4 Å². The van der Waals surface area contributed by atoms with E-state index < -0.39 is 10.0 Å². The van der Waals surface area contributed by atoms with Crippen molar-refractivity contribution in [2.75, 3.05) is 22.4 Å². The molecular formula is C26H30N2O4S. The second-order valence-corrected chi connectivity index (χ2v) is 9.98. The fourth-order valence-electron chi connectivity index (χ4n) is 3.44. The van der Waals surface area contributed by atoms with Crippen molar-refractivity contribution in [3.8, 4) is 5.75 Å². The summed E-state index contributed by atoms with van der Waals surface area (Å²) in [5.41, 5.74) is 4.27. The Bertz CT molecular complexity index is 1180. The van der Waals surface area contributed by atoms with Crippen molar-refractivity contribution in [3.05, 3.63) is 89.5 Å². The summed E-state index contributed by atoms with van der Waals surface area (Å²) < 4.78 is 31.8. The van der Waals surface area contributed by atoms with Crippen molar-refractivity contribution in [2.24, 2.45) is 0 Å². The van der Waals surface area contributed by atoms with Crippen molar-refractivity contribution in [1.82, 2.24) is 0 Å². The molecule has 0 unspecified atom stereocenters. The average molecular weight is 467 g/mol. The molecule has 6 nitrogen and oxygen atoms in total. The van der Waals surface area contributed by atoms with Gasteiger partial charge in [0.25, 0.3) is 0 Å². The number of aryl methyl sites for hydroxylation is 2. The average Bonchev–Trinajstić information content (AvgIpc) is 2.78. The third-order valence-corrected chi connectivity index (χ3v) is 6.37. The molecule has 0 bridgehead atoms. The number of nitrogens with one attached hydrogen (secondary N) is 1. The van der Waals surface area contributed by atoms with Gasteiger partial charge < -0.3 is 10.1 Å². The van der Waals surface area contributed by atoms with Crippen LogP contribution in [0.3, 0.4) is 0 Å². The van der Waals surface area contributed by atoms with E-state index >= 15 is 0 Å². The largest absolute Gasteiger partial charge is 0.489 e. The van der Waals surface area contributed by atoms with Gasteiger partial charge in [0.2, 0.25) is 15.9 Å². The lowest BCUT2D eigenvalue weighted by atomic mass is 10.1. The highest BCUT2D eigenvalue weighted by Crippen LogP contribution is 2.24. The van der Waals surface area contributed by atoms with Gasteiger partial charge in [-0.15, -0.1) is 0 Å². The summed E-state index contributed by atoms with van der Waals surface area (Å²) in [6.45, 7) is 4.52. The molecule has 0 saturated heterocycles. The Morgan fingerprint density at radius 3 is 2.33 bits per heavy atom. The minimum atomic E-state index is -3.46. The Hall–Kier alpha value is -3.32. The van der Waals surface area contributed by atoms with Crippen LogP contribution in [0.2, 0.25) is 0 Å². The molecule has 0 aromatic heterocycles. The van der Waals surface area contributed by atoms with Gasteiger partial charge in [-0.05, 0) is 67.3 Å². The predicted molar refractivity (Wildman–Crippen MR) is 133 cm³/mol. The van der Waals surface area contributed by atoms with Crippen LogP contribution in [-0.4, -0.2) is 27.1 Å². The second kappa shape index (κ2) is 11.0. The van der Waals surface area contributed by atoms with Crippen LogP contribution >= 0.6 is 0 Å². The van der Waals surface area contributed by atoms with E-state index in [1.807, 2.05) is 74.5 Å². The summed E-state index contributed by atoms with van der Waals surface area (Å²) >= 11 is 0. The highest BCUT2D eigenvalue weighted by molar-refractivity contribution is 7.92. The first-order valence-electron chi connectivity index (χ1n) is 10.8. The van der Waals surface area contributed by atoms with E-state index in [1.165, 1.54) is 10.6 Å². The van der Waals surface area contributed by atoms with Crippen LogP contribution in [0.25, 0.3) is 0 Å². The van der Waals surface area contributed by atoms with Gasteiger partial charge in [-0.1, -0.05) is 42.5 Å². The number of anilines is 2. The first kappa shape index (κ1) is 24.3. The van der Waals surface area contributed by atoms with Crippen LogP contribution in [-0.2, 0) is 21.4 Å². The summed E-state index contributed by atoms with van der Waals surface area (Å²) in [4.78, 5) is 12.4. The van der Waals surface area contributed by atoms with Gasteiger partial charge in [0.15, 0.2) is 0 Å². The summed E-state index contributed by atoms with van der Waals surface area (Å²) in [5.74, 6) is 0.552. The molecule has 3 aromatic rings. The number of amides is 1. The standard InChI is InChI=1S/C26H30N2O4S/c1-20-11-12-21(2)25(18-20)28(33(3,30)31)17-7-10-26(29)27-23-13-15-24(16-14-23)32-19-22-8-5-4-6-9-22/h4-6,8-9,11-16,18H,7,10,17,19H2,1-3H3,(H,27,29). The molecule has 33 heavy (non-hydrogen) atoms. The van der Waals surface area contributed by atoms with Gasteiger partial charge >= 0.3 is 0 Å². The number of nitrogens with zero attached hydrogens (tertiary/aromatic N) is 1. The molecule has 0 aliphatic carbocycles. The minimum Gasteiger partial charge on any atom is -0.489 e. The number of benzene rings is 3. The van der Waals surface area contributed by atoms with E-state index in [0.717, 1.165) is 16.7 Å². The lowest BCUT2D eigenvalue weighted by Crippen LogP contribution is -2.32. The molecule has 7 heteroatoms. The van der Waals surface area contributed by atoms with Crippen molar-refractivity contribution in [2.45, 2.75) is 33.3 Å². The molecule has 174 valence electrons. The van der Waals surface area contributed by atoms with Crippen LogP contribution in [0.1, 0.15) is 29.5 Å². The summed E-state index contributed by atoms with van der Waals surface area (Å²) in [5, 5.41) is 2.85. The number of hydrogen-bond acceptors (Lipinski definition) is 4. The minimum absolute atomic E-state index is 0.164. The van der Waals surface area contributed by atoms with Crippen molar-refractivity contribution >= 4 is 27.3 Å². The fraction of sp³-hybridized carbons (Fsp3) is 0.269. The van der Waals surface area contributed by atoms with E-state index in [0.29, 0.717) is 30.2 Å².